The van der Waals surface area contributed by atoms with Crippen molar-refractivity contribution in [3.63, 3.8) is 0 Å². The van der Waals surface area contributed by atoms with Gasteiger partial charge >= 0.3 is 5.97 Å². The number of carbonyl (C=O) groups excluding carboxylic acids is 1. The average molecular weight is 571 g/mol. The van der Waals surface area contributed by atoms with E-state index < -0.39 is 57.7 Å². The predicted octanol–water partition coefficient (Wildman–Crippen LogP) is 5.72. The number of hydrogen-bond acceptors (Lipinski definition) is 5. The SMILES string of the molecule is CC[C@@H](CS(=O)(=O)[C@H](C)C(C)C)N1C(=O)[C@@H](CC(=O)O)O[C@H](c2cccc(Cl)c2)[C@H]1c1ccc(Cl)cc1. The third-order valence-corrected chi connectivity index (χ3v) is 9.98. The molecule has 0 radical (unpaired) electrons. The molecular weight excluding hydrogens is 537 g/mol. The summed E-state index contributed by atoms with van der Waals surface area (Å²) in [6.45, 7) is 7.18. The Bertz CT molecular complexity index is 1220. The normalized spacial score (nSPS) is 22.2. The molecule has 2 aromatic rings. The molecule has 202 valence electrons. The maximum absolute atomic E-state index is 13.8. The quantitative estimate of drug-likeness (QED) is 0.393. The number of halogens is 2. The Balaban J connectivity index is 2.19. The fourth-order valence-electron chi connectivity index (χ4n) is 4.63. The molecule has 1 saturated heterocycles. The number of amides is 1. The molecule has 7 nitrogen and oxygen atoms in total. The fourth-order valence-corrected chi connectivity index (χ4v) is 7.02. The number of aliphatic carboxylic acids is 1. The van der Waals surface area contributed by atoms with E-state index in [1.807, 2.05) is 20.8 Å². The zero-order valence-electron chi connectivity index (χ0n) is 21.3. The zero-order valence-corrected chi connectivity index (χ0v) is 23.6. The van der Waals surface area contributed by atoms with Gasteiger partial charge in [-0.05, 0) is 54.7 Å². The van der Waals surface area contributed by atoms with Gasteiger partial charge in [-0.3, -0.25) is 9.59 Å². The number of carbonyl (C=O) groups is 2. The van der Waals surface area contributed by atoms with E-state index in [-0.39, 0.29) is 11.7 Å². The largest absolute Gasteiger partial charge is 0.481 e. The Kier molecular flexibility index (Phi) is 9.67. The van der Waals surface area contributed by atoms with E-state index in [0.29, 0.717) is 27.6 Å². The van der Waals surface area contributed by atoms with E-state index in [0.717, 1.165) is 0 Å². The van der Waals surface area contributed by atoms with Crippen molar-refractivity contribution in [1.82, 2.24) is 4.90 Å². The summed E-state index contributed by atoms with van der Waals surface area (Å²) in [7, 11) is -3.58. The second-order valence-electron chi connectivity index (χ2n) is 9.78. The minimum absolute atomic E-state index is 0.103. The molecule has 10 heteroatoms. The van der Waals surface area contributed by atoms with Crippen LogP contribution in [-0.4, -0.2) is 53.4 Å². The molecule has 1 fully saturated rings. The number of hydrogen-bond donors (Lipinski definition) is 1. The molecule has 1 N–H and O–H groups in total. The minimum Gasteiger partial charge on any atom is -0.481 e. The smallest absolute Gasteiger partial charge is 0.306 e. The summed E-state index contributed by atoms with van der Waals surface area (Å²) in [6, 6.07) is 12.4. The number of carboxylic acids is 1. The molecule has 1 heterocycles. The van der Waals surface area contributed by atoms with Crippen LogP contribution in [0, 0.1) is 5.92 Å². The molecule has 0 unspecified atom stereocenters. The Morgan fingerprint density at radius 2 is 1.70 bits per heavy atom. The van der Waals surface area contributed by atoms with Crippen LogP contribution in [-0.2, 0) is 24.2 Å². The van der Waals surface area contributed by atoms with Gasteiger partial charge in [0.1, 0.15) is 12.2 Å². The van der Waals surface area contributed by atoms with Crippen LogP contribution in [0.25, 0.3) is 0 Å². The highest BCUT2D eigenvalue weighted by Crippen LogP contribution is 2.45. The first-order valence-electron chi connectivity index (χ1n) is 12.3. The van der Waals surface area contributed by atoms with Crippen molar-refractivity contribution in [2.45, 2.75) is 70.1 Å². The van der Waals surface area contributed by atoms with Crippen LogP contribution in [0.15, 0.2) is 48.5 Å². The van der Waals surface area contributed by atoms with Crippen LogP contribution in [0.1, 0.15) is 63.8 Å². The van der Waals surface area contributed by atoms with Crippen LogP contribution < -0.4 is 0 Å². The Morgan fingerprint density at radius 1 is 1.05 bits per heavy atom. The standard InChI is InChI=1S/C27H33Cl2NO6S/c1-5-22(15-37(34,35)17(4)16(2)3)30-25(18-9-11-20(28)12-10-18)26(19-7-6-8-21(29)13-19)36-23(27(30)33)14-24(31)32/h6-13,16-17,22-23,25-26H,5,14-15H2,1-4H3,(H,31,32)/t17-,22+,23-,25-,26-/m1/s1. The number of ether oxygens (including phenoxy) is 1. The van der Waals surface area contributed by atoms with Gasteiger partial charge in [0.15, 0.2) is 9.84 Å². The number of rotatable bonds is 10. The summed E-state index contributed by atoms with van der Waals surface area (Å²) >= 11 is 12.4. The second kappa shape index (κ2) is 12.2. The molecule has 2 aromatic carbocycles. The van der Waals surface area contributed by atoms with Crippen molar-refractivity contribution in [1.29, 1.82) is 0 Å². The Hall–Kier alpha value is -2.13. The van der Waals surface area contributed by atoms with Gasteiger partial charge in [-0.2, -0.15) is 0 Å². The van der Waals surface area contributed by atoms with Crippen molar-refractivity contribution < 1.29 is 27.9 Å². The van der Waals surface area contributed by atoms with Gasteiger partial charge in [0, 0.05) is 16.1 Å². The highest BCUT2D eigenvalue weighted by Gasteiger charge is 2.48. The predicted molar refractivity (Wildman–Crippen MR) is 145 cm³/mol. The maximum Gasteiger partial charge on any atom is 0.306 e. The molecule has 1 aliphatic rings. The summed E-state index contributed by atoms with van der Waals surface area (Å²) < 4.78 is 32.8. The van der Waals surface area contributed by atoms with Crippen molar-refractivity contribution >= 4 is 44.9 Å². The zero-order chi connectivity index (χ0) is 27.5. The van der Waals surface area contributed by atoms with E-state index in [2.05, 4.69) is 0 Å². The van der Waals surface area contributed by atoms with E-state index in [1.54, 1.807) is 55.5 Å². The number of morpholine rings is 1. The molecule has 0 saturated carbocycles. The van der Waals surface area contributed by atoms with Crippen LogP contribution in [0.5, 0.6) is 0 Å². The van der Waals surface area contributed by atoms with Gasteiger partial charge in [0.25, 0.3) is 5.91 Å². The fraction of sp³-hybridized carbons (Fsp3) is 0.481. The molecule has 0 aliphatic carbocycles. The third-order valence-electron chi connectivity index (χ3n) is 6.97. The maximum atomic E-state index is 13.8. The summed E-state index contributed by atoms with van der Waals surface area (Å²) in [5.41, 5.74) is 1.33. The molecule has 0 aromatic heterocycles. The highest BCUT2D eigenvalue weighted by molar-refractivity contribution is 7.92. The molecule has 0 bridgehead atoms. The lowest BCUT2D eigenvalue weighted by Crippen LogP contribution is -2.57. The van der Waals surface area contributed by atoms with Crippen molar-refractivity contribution in [3.8, 4) is 0 Å². The molecule has 1 amide bonds. The molecule has 5 atom stereocenters. The van der Waals surface area contributed by atoms with Gasteiger partial charge in [-0.15, -0.1) is 0 Å². The lowest BCUT2D eigenvalue weighted by molar-refractivity contribution is -0.182. The van der Waals surface area contributed by atoms with Crippen LogP contribution in [0.2, 0.25) is 10.0 Å². The molecule has 3 rings (SSSR count). The van der Waals surface area contributed by atoms with Gasteiger partial charge in [-0.1, -0.05) is 68.2 Å². The number of nitrogens with zero attached hydrogens (tertiary/aromatic N) is 1. The molecule has 0 spiro atoms. The molecule has 37 heavy (non-hydrogen) atoms. The van der Waals surface area contributed by atoms with E-state index in [9.17, 15) is 23.1 Å². The first-order valence-corrected chi connectivity index (χ1v) is 14.7. The third kappa shape index (κ3) is 6.85. The van der Waals surface area contributed by atoms with Gasteiger partial charge in [-0.25, -0.2) is 8.42 Å². The van der Waals surface area contributed by atoms with Crippen molar-refractivity contribution in [2.24, 2.45) is 5.92 Å². The minimum atomic E-state index is -3.58. The van der Waals surface area contributed by atoms with Crippen molar-refractivity contribution in [2.75, 3.05) is 5.75 Å². The van der Waals surface area contributed by atoms with E-state index >= 15 is 0 Å². The number of sulfone groups is 1. The van der Waals surface area contributed by atoms with E-state index in [1.165, 1.54) is 4.90 Å². The topological polar surface area (TPSA) is 101 Å². The Labute approximate surface area is 228 Å². The summed E-state index contributed by atoms with van der Waals surface area (Å²) in [6.07, 6.45) is -2.28. The average Bonchev–Trinajstić information content (AvgIpc) is 2.83. The second-order valence-corrected chi connectivity index (χ2v) is 13.1. The lowest BCUT2D eigenvalue weighted by Gasteiger charge is -2.48. The monoisotopic (exact) mass is 569 g/mol. The van der Waals surface area contributed by atoms with Crippen LogP contribution in [0.3, 0.4) is 0 Å². The summed E-state index contributed by atoms with van der Waals surface area (Å²) in [4.78, 5) is 27.0. The first kappa shape index (κ1) is 29.4. The van der Waals surface area contributed by atoms with Crippen LogP contribution in [0.4, 0.5) is 0 Å². The molecular formula is C27H33Cl2NO6S. The molecule has 1 aliphatic heterocycles. The first-order chi connectivity index (χ1) is 17.4. The van der Waals surface area contributed by atoms with Crippen LogP contribution >= 0.6 is 23.2 Å². The Morgan fingerprint density at radius 3 is 2.24 bits per heavy atom. The lowest BCUT2D eigenvalue weighted by atomic mass is 9.89. The van der Waals surface area contributed by atoms with Crippen molar-refractivity contribution in [3.05, 3.63) is 69.7 Å². The van der Waals surface area contributed by atoms with E-state index in [4.69, 9.17) is 27.9 Å². The number of benzene rings is 2. The van der Waals surface area contributed by atoms with Gasteiger partial charge < -0.3 is 14.7 Å². The summed E-state index contributed by atoms with van der Waals surface area (Å²) in [5, 5.41) is 9.87. The number of carboxylic acid groups (broad SMARTS) is 1. The summed E-state index contributed by atoms with van der Waals surface area (Å²) in [5.74, 6) is -2.10. The van der Waals surface area contributed by atoms with Gasteiger partial charge in [0.2, 0.25) is 0 Å². The highest BCUT2D eigenvalue weighted by atomic mass is 35.5. The van der Waals surface area contributed by atoms with Gasteiger partial charge in [0.05, 0.1) is 23.5 Å².